The van der Waals surface area contributed by atoms with Crippen LogP contribution < -0.4 is 5.32 Å². The van der Waals surface area contributed by atoms with Crippen molar-refractivity contribution in [3.05, 3.63) is 52.3 Å². The average molecular weight is 315 g/mol. The molecule has 0 amide bonds. The van der Waals surface area contributed by atoms with Crippen molar-refractivity contribution in [3.63, 3.8) is 0 Å². The van der Waals surface area contributed by atoms with Crippen molar-refractivity contribution in [3.8, 4) is 11.5 Å². The fourth-order valence-corrected chi connectivity index (χ4v) is 2.27. The van der Waals surface area contributed by atoms with E-state index in [4.69, 9.17) is 4.42 Å². The van der Waals surface area contributed by atoms with E-state index in [9.17, 15) is 14.5 Å². The Morgan fingerprint density at radius 2 is 2.17 bits per heavy atom. The molecule has 0 saturated carbocycles. The summed E-state index contributed by atoms with van der Waals surface area (Å²) in [4.78, 5) is 14.7. The number of nitro benzene ring substituents is 1. The van der Waals surface area contributed by atoms with Gasteiger partial charge in [-0.05, 0) is 24.6 Å². The van der Waals surface area contributed by atoms with E-state index < -0.39 is 10.7 Å². The maximum Gasteiger partial charge on any atom is 0.270 e. The number of nitrogens with zero attached hydrogens (tertiary/aromatic N) is 2. The van der Waals surface area contributed by atoms with Crippen molar-refractivity contribution < 1.29 is 13.7 Å². The van der Waals surface area contributed by atoms with Crippen molar-refractivity contribution in [1.82, 2.24) is 4.98 Å². The third-order valence-corrected chi connectivity index (χ3v) is 3.38. The number of rotatable bonds is 5. The van der Waals surface area contributed by atoms with Gasteiger partial charge in [0.1, 0.15) is 5.52 Å². The van der Waals surface area contributed by atoms with Gasteiger partial charge in [0.2, 0.25) is 5.89 Å². The molecule has 0 fully saturated rings. The highest BCUT2D eigenvalue weighted by atomic mass is 19.1. The molecule has 6 nitrogen and oxygen atoms in total. The predicted molar refractivity (Wildman–Crippen MR) is 84.8 cm³/mol. The lowest BCUT2D eigenvalue weighted by molar-refractivity contribution is -0.384. The van der Waals surface area contributed by atoms with Gasteiger partial charge in [-0.3, -0.25) is 10.1 Å². The van der Waals surface area contributed by atoms with Gasteiger partial charge in [-0.25, -0.2) is 9.37 Å². The number of benzene rings is 2. The van der Waals surface area contributed by atoms with Crippen molar-refractivity contribution in [1.29, 1.82) is 0 Å². The molecule has 0 saturated heterocycles. The number of non-ortho nitro benzene ring substituents is 1. The van der Waals surface area contributed by atoms with Crippen LogP contribution in [0.3, 0.4) is 0 Å². The standard InChI is InChI=1S/C16H14FN3O3/c1-2-8-18-13-7-6-10(20(21)22)9-11(13)16-19-15-12(17)4-3-5-14(15)23-16/h3-7,9,18H,2,8H2,1H3. The highest BCUT2D eigenvalue weighted by Gasteiger charge is 2.18. The van der Waals surface area contributed by atoms with Gasteiger partial charge in [0, 0.05) is 24.4 Å². The molecule has 23 heavy (non-hydrogen) atoms. The summed E-state index contributed by atoms with van der Waals surface area (Å²) < 4.78 is 19.4. The van der Waals surface area contributed by atoms with Gasteiger partial charge >= 0.3 is 0 Å². The Morgan fingerprint density at radius 1 is 1.35 bits per heavy atom. The summed E-state index contributed by atoms with van der Waals surface area (Å²) in [5.74, 6) is -0.349. The second-order valence-corrected chi connectivity index (χ2v) is 5.02. The zero-order chi connectivity index (χ0) is 16.4. The molecular formula is C16H14FN3O3. The molecule has 0 aliphatic heterocycles. The van der Waals surface area contributed by atoms with E-state index in [0.29, 0.717) is 23.4 Å². The van der Waals surface area contributed by atoms with Crippen LogP contribution in [-0.2, 0) is 0 Å². The van der Waals surface area contributed by atoms with Crippen LogP contribution in [0.4, 0.5) is 15.8 Å². The second kappa shape index (κ2) is 6.04. The quantitative estimate of drug-likeness (QED) is 0.558. The lowest BCUT2D eigenvalue weighted by Gasteiger charge is -2.08. The SMILES string of the molecule is CCCNc1ccc([N+](=O)[O-])cc1-c1nc2c(F)cccc2o1. The van der Waals surface area contributed by atoms with Crippen molar-refractivity contribution in [2.45, 2.75) is 13.3 Å². The number of nitro groups is 1. The van der Waals surface area contributed by atoms with Gasteiger partial charge in [0.15, 0.2) is 11.4 Å². The first kappa shape index (κ1) is 15.0. The van der Waals surface area contributed by atoms with Crippen LogP contribution in [0.5, 0.6) is 0 Å². The monoisotopic (exact) mass is 315 g/mol. The molecule has 0 unspecified atom stereocenters. The molecule has 1 heterocycles. The van der Waals surface area contributed by atoms with Gasteiger partial charge in [-0.1, -0.05) is 13.0 Å². The summed E-state index contributed by atoms with van der Waals surface area (Å²) in [7, 11) is 0. The Labute approximate surface area is 131 Å². The van der Waals surface area contributed by atoms with Gasteiger partial charge in [0.05, 0.1) is 10.5 Å². The number of hydrogen-bond acceptors (Lipinski definition) is 5. The van der Waals surface area contributed by atoms with Crippen molar-refractivity contribution >= 4 is 22.5 Å². The molecule has 0 aliphatic carbocycles. The summed E-state index contributed by atoms with van der Waals surface area (Å²) in [5.41, 5.74) is 1.42. The summed E-state index contributed by atoms with van der Waals surface area (Å²) in [5, 5.41) is 14.2. The number of halogens is 1. The number of aromatic nitrogens is 1. The lowest BCUT2D eigenvalue weighted by Crippen LogP contribution is -2.02. The van der Waals surface area contributed by atoms with E-state index in [1.807, 2.05) is 6.92 Å². The summed E-state index contributed by atoms with van der Waals surface area (Å²) in [6.45, 7) is 2.70. The molecule has 7 heteroatoms. The molecule has 2 aromatic carbocycles. The van der Waals surface area contributed by atoms with E-state index in [1.54, 1.807) is 12.1 Å². The summed E-state index contributed by atoms with van der Waals surface area (Å²) in [6.07, 6.45) is 0.888. The Bertz CT molecular complexity index is 876. The molecule has 0 spiro atoms. The highest BCUT2D eigenvalue weighted by Crippen LogP contribution is 2.33. The summed E-state index contributed by atoms with van der Waals surface area (Å²) in [6, 6.07) is 8.81. The maximum atomic E-state index is 13.8. The van der Waals surface area contributed by atoms with Crippen LogP contribution in [-0.4, -0.2) is 16.5 Å². The number of fused-ring (bicyclic) bond motifs is 1. The zero-order valence-electron chi connectivity index (χ0n) is 12.4. The average Bonchev–Trinajstić information content (AvgIpc) is 2.98. The molecule has 118 valence electrons. The molecule has 0 bridgehead atoms. The Kier molecular flexibility index (Phi) is 3.92. The molecule has 0 aliphatic rings. The minimum absolute atomic E-state index is 0.0789. The van der Waals surface area contributed by atoms with E-state index in [2.05, 4.69) is 10.3 Å². The number of oxazole rings is 1. The van der Waals surface area contributed by atoms with Gasteiger partial charge in [-0.2, -0.15) is 0 Å². The molecular weight excluding hydrogens is 301 g/mol. The molecule has 3 aromatic rings. The highest BCUT2D eigenvalue weighted by molar-refractivity contribution is 5.81. The van der Waals surface area contributed by atoms with Gasteiger partial charge in [-0.15, -0.1) is 0 Å². The molecule has 1 N–H and O–H groups in total. The van der Waals surface area contributed by atoms with Gasteiger partial charge < -0.3 is 9.73 Å². The topological polar surface area (TPSA) is 81.2 Å². The molecule has 0 atom stereocenters. The Balaban J connectivity index is 2.15. The lowest BCUT2D eigenvalue weighted by atomic mass is 10.1. The number of nitrogens with one attached hydrogen (secondary N) is 1. The van der Waals surface area contributed by atoms with Gasteiger partial charge in [0.25, 0.3) is 5.69 Å². The van der Waals surface area contributed by atoms with Crippen LogP contribution in [0.25, 0.3) is 22.6 Å². The van der Waals surface area contributed by atoms with E-state index >= 15 is 0 Å². The second-order valence-electron chi connectivity index (χ2n) is 5.02. The fourth-order valence-electron chi connectivity index (χ4n) is 2.27. The molecule has 3 rings (SSSR count). The van der Waals surface area contributed by atoms with Crippen LogP contribution >= 0.6 is 0 Å². The first-order valence-corrected chi connectivity index (χ1v) is 7.18. The largest absolute Gasteiger partial charge is 0.436 e. The van der Waals surface area contributed by atoms with E-state index in [-0.39, 0.29) is 17.1 Å². The van der Waals surface area contributed by atoms with E-state index in [1.165, 1.54) is 24.3 Å². The minimum Gasteiger partial charge on any atom is -0.436 e. The van der Waals surface area contributed by atoms with Crippen LogP contribution in [0.1, 0.15) is 13.3 Å². The smallest absolute Gasteiger partial charge is 0.270 e. The first-order valence-electron chi connectivity index (χ1n) is 7.18. The summed E-state index contributed by atoms with van der Waals surface area (Å²) >= 11 is 0. The number of hydrogen-bond donors (Lipinski definition) is 1. The Morgan fingerprint density at radius 3 is 2.87 bits per heavy atom. The van der Waals surface area contributed by atoms with Crippen molar-refractivity contribution in [2.24, 2.45) is 0 Å². The number of para-hydroxylation sites is 1. The zero-order valence-corrected chi connectivity index (χ0v) is 12.4. The van der Waals surface area contributed by atoms with Crippen LogP contribution in [0.2, 0.25) is 0 Å². The minimum atomic E-state index is -0.494. The first-order chi connectivity index (χ1) is 11.1. The predicted octanol–water partition coefficient (Wildman–Crippen LogP) is 4.36. The number of anilines is 1. The Hall–Kier alpha value is -2.96. The molecule has 1 aromatic heterocycles. The maximum absolute atomic E-state index is 13.8. The fraction of sp³-hybridized carbons (Fsp3) is 0.188. The van der Waals surface area contributed by atoms with Crippen LogP contribution in [0.15, 0.2) is 40.8 Å². The van der Waals surface area contributed by atoms with Crippen molar-refractivity contribution in [2.75, 3.05) is 11.9 Å². The third-order valence-electron chi connectivity index (χ3n) is 3.38. The third kappa shape index (κ3) is 2.85. The normalized spacial score (nSPS) is 10.9. The van der Waals surface area contributed by atoms with E-state index in [0.717, 1.165) is 6.42 Å². The molecule has 0 radical (unpaired) electrons. The van der Waals surface area contributed by atoms with Crippen LogP contribution in [0, 0.1) is 15.9 Å².